The van der Waals surface area contributed by atoms with Crippen LogP contribution in [-0.4, -0.2) is 38.5 Å². The van der Waals surface area contributed by atoms with Crippen LogP contribution in [0.15, 0.2) is 53.6 Å². The van der Waals surface area contributed by atoms with E-state index in [4.69, 9.17) is 4.74 Å². The first-order chi connectivity index (χ1) is 14.4. The molecule has 0 fully saturated rings. The SMILES string of the molecule is COc1ccc(S(=O)(=O)Nc2cnc3ccccc3c2)c2c1CC([I-][NH+](C)C)CC2. The van der Waals surface area contributed by atoms with Crippen molar-refractivity contribution in [3.05, 3.63) is 59.8 Å². The predicted molar refractivity (Wildman–Crippen MR) is 114 cm³/mol. The molecule has 0 saturated heterocycles. The molecule has 4 rings (SSSR count). The molecule has 1 aliphatic rings. The first-order valence-electron chi connectivity index (χ1n) is 9.87. The first kappa shape index (κ1) is 21.3. The molecule has 1 heterocycles. The van der Waals surface area contributed by atoms with Crippen LogP contribution in [0.3, 0.4) is 0 Å². The van der Waals surface area contributed by atoms with Crippen LogP contribution in [0.1, 0.15) is 17.5 Å². The number of hydrogen-bond donors (Lipinski definition) is 2. The fourth-order valence-corrected chi connectivity index (χ4v) is 8.33. The minimum atomic E-state index is -3.73. The van der Waals surface area contributed by atoms with Crippen molar-refractivity contribution in [1.29, 1.82) is 0 Å². The number of aromatic nitrogens is 1. The Balaban J connectivity index is 1.68. The molecule has 1 atom stereocenters. The fraction of sp³-hybridized carbons (Fsp3) is 0.318. The van der Waals surface area contributed by atoms with E-state index in [-0.39, 0.29) is 21.5 Å². The Labute approximate surface area is 188 Å². The van der Waals surface area contributed by atoms with Crippen LogP contribution < -0.4 is 34.1 Å². The van der Waals surface area contributed by atoms with Gasteiger partial charge in [0, 0.05) is 0 Å². The van der Waals surface area contributed by atoms with Crippen molar-refractivity contribution in [3.8, 4) is 5.75 Å². The summed E-state index contributed by atoms with van der Waals surface area (Å²) in [5.74, 6) is 0.791. The second kappa shape index (κ2) is 8.68. The normalized spacial score (nSPS) is 16.6. The van der Waals surface area contributed by atoms with Crippen LogP contribution in [0.5, 0.6) is 5.75 Å². The number of pyridine rings is 1. The molecule has 3 aromatic rings. The number of benzene rings is 2. The van der Waals surface area contributed by atoms with Crippen LogP contribution in [0.2, 0.25) is 0 Å². The van der Waals surface area contributed by atoms with Crippen LogP contribution in [0.25, 0.3) is 10.9 Å². The third kappa shape index (κ3) is 4.40. The Kier molecular flexibility index (Phi) is 6.17. The summed E-state index contributed by atoms with van der Waals surface area (Å²) >= 11 is -0.00892. The van der Waals surface area contributed by atoms with E-state index < -0.39 is 10.0 Å². The van der Waals surface area contributed by atoms with Gasteiger partial charge < -0.3 is 0 Å². The van der Waals surface area contributed by atoms with Gasteiger partial charge in [0.25, 0.3) is 0 Å². The molecule has 6 nitrogen and oxygen atoms in total. The molecule has 1 unspecified atom stereocenters. The Hall–Kier alpha value is -1.91. The molecular formula is C22H26IN3O3S. The fourth-order valence-electron chi connectivity index (χ4n) is 3.95. The summed E-state index contributed by atoms with van der Waals surface area (Å²) in [5.41, 5.74) is 3.24. The molecule has 1 aliphatic carbocycles. The maximum atomic E-state index is 13.3. The summed E-state index contributed by atoms with van der Waals surface area (Å²) in [6, 6.07) is 12.9. The van der Waals surface area contributed by atoms with Crippen molar-refractivity contribution < 1.29 is 37.7 Å². The van der Waals surface area contributed by atoms with Gasteiger partial charge >= 0.3 is 183 Å². The number of sulfonamides is 1. The van der Waals surface area contributed by atoms with E-state index in [1.54, 1.807) is 25.4 Å². The van der Waals surface area contributed by atoms with Gasteiger partial charge in [-0.2, -0.15) is 0 Å². The molecule has 30 heavy (non-hydrogen) atoms. The maximum absolute atomic E-state index is 13.3. The van der Waals surface area contributed by atoms with Crippen LogP contribution in [-0.2, 0) is 22.9 Å². The Morgan fingerprint density at radius 1 is 1.17 bits per heavy atom. The van der Waals surface area contributed by atoms with E-state index in [9.17, 15) is 8.42 Å². The van der Waals surface area contributed by atoms with Crippen LogP contribution >= 0.6 is 0 Å². The molecule has 0 spiro atoms. The number of ether oxygens (including phenoxy) is 1. The van der Waals surface area contributed by atoms with Crippen molar-refractivity contribution in [2.75, 3.05) is 25.9 Å². The van der Waals surface area contributed by atoms with Gasteiger partial charge in [-0.3, -0.25) is 0 Å². The summed E-state index contributed by atoms with van der Waals surface area (Å²) in [7, 11) is 2.31. The number of rotatable bonds is 6. The van der Waals surface area contributed by atoms with Gasteiger partial charge in [0.1, 0.15) is 0 Å². The van der Waals surface area contributed by atoms with Gasteiger partial charge in [0.2, 0.25) is 0 Å². The zero-order chi connectivity index (χ0) is 21.3. The van der Waals surface area contributed by atoms with E-state index in [0.29, 0.717) is 14.5 Å². The molecule has 2 N–H and O–H groups in total. The molecule has 2 aromatic carbocycles. The van der Waals surface area contributed by atoms with E-state index in [1.807, 2.05) is 30.3 Å². The number of quaternary nitrogens is 1. The quantitative estimate of drug-likeness (QED) is 0.241. The zero-order valence-corrected chi connectivity index (χ0v) is 20.2. The summed E-state index contributed by atoms with van der Waals surface area (Å²) in [5, 5.41) is 0.896. The Morgan fingerprint density at radius 3 is 2.73 bits per heavy atom. The number of fused-ring (bicyclic) bond motifs is 2. The van der Waals surface area contributed by atoms with E-state index >= 15 is 0 Å². The van der Waals surface area contributed by atoms with Crippen molar-refractivity contribution in [2.45, 2.75) is 28.1 Å². The molecule has 0 bridgehead atoms. The molecule has 160 valence electrons. The van der Waals surface area contributed by atoms with Crippen molar-refractivity contribution in [1.82, 2.24) is 4.98 Å². The number of hydrogen-bond acceptors (Lipinski definition) is 4. The second-order valence-electron chi connectivity index (χ2n) is 7.57. The van der Waals surface area contributed by atoms with Gasteiger partial charge in [-0.25, -0.2) is 0 Å². The number of para-hydroxylation sites is 1. The average molecular weight is 539 g/mol. The predicted octanol–water partition coefficient (Wildman–Crippen LogP) is -0.950. The Morgan fingerprint density at radius 2 is 1.97 bits per heavy atom. The van der Waals surface area contributed by atoms with Crippen LogP contribution in [0, 0.1) is 0 Å². The molecule has 8 heteroatoms. The van der Waals surface area contributed by atoms with Gasteiger partial charge in [0.15, 0.2) is 0 Å². The molecule has 0 aliphatic heterocycles. The Bertz CT molecular complexity index is 1180. The topological polar surface area (TPSA) is 72.7 Å². The number of alkyl halides is 1. The second-order valence-corrected chi connectivity index (χ2v) is 13.8. The van der Waals surface area contributed by atoms with Gasteiger partial charge in [-0.05, 0) is 0 Å². The van der Waals surface area contributed by atoms with Crippen molar-refractivity contribution >= 4 is 26.6 Å². The number of anilines is 1. The van der Waals surface area contributed by atoms with Gasteiger partial charge in [-0.1, -0.05) is 6.07 Å². The number of halogens is 1. The monoisotopic (exact) mass is 539 g/mol. The number of methoxy groups -OCH3 is 1. The minimum absolute atomic E-state index is 0.00892. The average Bonchev–Trinajstić information content (AvgIpc) is 2.72. The third-order valence-electron chi connectivity index (χ3n) is 5.20. The van der Waals surface area contributed by atoms with E-state index in [1.165, 1.54) is 3.11 Å². The molecule has 1 aromatic heterocycles. The molecular weight excluding hydrogens is 513 g/mol. The van der Waals surface area contributed by atoms with E-state index in [2.05, 4.69) is 23.8 Å². The summed E-state index contributed by atoms with van der Waals surface area (Å²) < 4.78 is 37.0. The first-order valence-corrected chi connectivity index (χ1v) is 13.7. The summed E-state index contributed by atoms with van der Waals surface area (Å²) in [6.07, 6.45) is 4.24. The number of nitrogens with one attached hydrogen (secondary N) is 2. The third-order valence-corrected chi connectivity index (χ3v) is 9.86. The standard InChI is InChI=1S/C22H26IN3O3S/c1-26(2)23-16-8-9-18-19(13-16)21(29-3)10-11-22(18)30(27,28)25-17-12-15-6-4-5-7-20(15)24-14-17/h4-7,10-12,14,16,25-26H,8-9,13H2,1-3H3. The molecule has 0 radical (unpaired) electrons. The van der Waals surface area contributed by atoms with Crippen LogP contribution in [0.4, 0.5) is 5.69 Å². The number of nitrogens with zero attached hydrogens (tertiary/aromatic N) is 1. The zero-order valence-electron chi connectivity index (χ0n) is 17.3. The molecule has 0 amide bonds. The van der Waals surface area contributed by atoms with Crippen molar-refractivity contribution in [2.24, 2.45) is 0 Å². The summed E-state index contributed by atoms with van der Waals surface area (Å²) in [4.78, 5) is 4.71. The van der Waals surface area contributed by atoms with Crippen molar-refractivity contribution in [3.63, 3.8) is 0 Å². The van der Waals surface area contributed by atoms with E-state index in [0.717, 1.165) is 47.0 Å². The molecule has 0 saturated carbocycles. The van der Waals surface area contributed by atoms with Gasteiger partial charge in [0.05, 0.1) is 0 Å². The van der Waals surface area contributed by atoms with Gasteiger partial charge in [-0.15, -0.1) is 0 Å². The summed E-state index contributed by atoms with van der Waals surface area (Å²) in [6.45, 7) is 0.